The molecule has 1 aliphatic heterocycles. The van der Waals surface area contributed by atoms with Crippen molar-refractivity contribution in [3.8, 4) is 0 Å². The number of halogens is 1. The molecule has 1 N–H and O–H groups in total. The third kappa shape index (κ3) is 4.66. The molecule has 5 rings (SSSR count). The second-order valence-electron chi connectivity index (χ2n) is 8.77. The summed E-state index contributed by atoms with van der Waals surface area (Å²) in [6, 6.07) is 16.3. The van der Waals surface area contributed by atoms with Crippen LogP contribution in [-0.4, -0.2) is 35.1 Å². The summed E-state index contributed by atoms with van der Waals surface area (Å²) >= 11 is 7.10. The van der Waals surface area contributed by atoms with Crippen LogP contribution >= 0.6 is 22.9 Å². The number of aryl methyl sites for hydroxylation is 1. The van der Waals surface area contributed by atoms with Gasteiger partial charge in [0.25, 0.3) is 11.5 Å². The third-order valence-electron chi connectivity index (χ3n) is 6.27. The molecule has 10 nitrogen and oxygen atoms in total. The molecule has 1 amide bonds. The van der Waals surface area contributed by atoms with E-state index in [1.807, 2.05) is 6.92 Å². The van der Waals surface area contributed by atoms with Gasteiger partial charge in [-0.05, 0) is 30.7 Å². The van der Waals surface area contributed by atoms with E-state index >= 15 is 0 Å². The number of Topliss-reactive ketones (excluding diaryl/α,β-unsaturated/α-hetero) is 1. The number of sulfone groups is 1. The number of hydrogen-bond donors (Lipinski definition) is 1. The fraction of sp³-hybridized carbons (Fsp3) is 0.0741. The van der Waals surface area contributed by atoms with Gasteiger partial charge in [0.2, 0.25) is 9.84 Å². The third-order valence-corrected chi connectivity index (χ3v) is 9.84. The molecule has 1 unspecified atom stereocenters. The number of nitrogens with zero attached hydrogens (tertiary/aromatic N) is 3. The molecule has 202 valence electrons. The van der Waals surface area contributed by atoms with Crippen LogP contribution < -0.4 is 4.90 Å². The zero-order valence-electron chi connectivity index (χ0n) is 20.5. The normalized spacial score (nSPS) is 16.9. The van der Waals surface area contributed by atoms with Crippen molar-refractivity contribution in [1.82, 2.24) is 4.98 Å². The number of carbonyl (C=O) groups excluding carboxylic acids is 2. The number of non-ortho nitro benzene ring substituents is 1. The Bertz CT molecular complexity index is 1820. The Morgan fingerprint density at radius 1 is 1.05 bits per heavy atom. The van der Waals surface area contributed by atoms with Gasteiger partial charge in [-0.2, -0.15) is 0 Å². The zero-order valence-corrected chi connectivity index (χ0v) is 22.9. The van der Waals surface area contributed by atoms with Gasteiger partial charge in [0, 0.05) is 22.7 Å². The summed E-state index contributed by atoms with van der Waals surface area (Å²) in [5.41, 5.74) is 1.05. The average Bonchev–Trinajstić information content (AvgIpc) is 3.52. The van der Waals surface area contributed by atoms with E-state index in [1.54, 1.807) is 48.5 Å². The van der Waals surface area contributed by atoms with Gasteiger partial charge in [0.05, 0.1) is 27.6 Å². The number of amides is 1. The first-order valence-electron chi connectivity index (χ1n) is 11.6. The maximum Gasteiger partial charge on any atom is 0.301 e. The molecular weight excluding hydrogens is 578 g/mol. The van der Waals surface area contributed by atoms with Crippen LogP contribution in [0.5, 0.6) is 0 Å². The van der Waals surface area contributed by atoms with Gasteiger partial charge in [0.15, 0.2) is 5.13 Å². The number of rotatable bonds is 6. The van der Waals surface area contributed by atoms with Crippen molar-refractivity contribution in [2.45, 2.75) is 22.1 Å². The minimum atomic E-state index is -4.17. The molecule has 4 aromatic rings. The number of anilines is 1. The van der Waals surface area contributed by atoms with E-state index in [4.69, 9.17) is 11.6 Å². The molecule has 1 aliphatic rings. The summed E-state index contributed by atoms with van der Waals surface area (Å²) in [4.78, 5) is 41.9. The van der Waals surface area contributed by atoms with E-state index in [0.717, 1.165) is 40.9 Å². The Labute approximate surface area is 236 Å². The minimum absolute atomic E-state index is 0.115. The minimum Gasteiger partial charge on any atom is -0.507 e. The predicted octanol–water partition coefficient (Wildman–Crippen LogP) is 5.47. The standard InChI is InChI=1S/C27H18ClN3O7S2/c1-15-6-8-16(9-7-15)24(32)22-23(19-4-2-3-5-20(19)28)30(26(34)25(22)33)27-29-14-21(39-27)40(37,38)18-12-10-17(11-13-18)31(35)36/h2-14,23,32H,1H3/b24-22+. The maximum atomic E-state index is 13.4. The smallest absolute Gasteiger partial charge is 0.301 e. The summed E-state index contributed by atoms with van der Waals surface area (Å²) in [7, 11) is -4.17. The fourth-order valence-electron chi connectivity index (χ4n) is 4.24. The number of carbonyl (C=O) groups is 2. The molecule has 1 saturated heterocycles. The maximum absolute atomic E-state index is 13.4. The highest BCUT2D eigenvalue weighted by molar-refractivity contribution is 7.93. The Balaban J connectivity index is 1.63. The molecule has 3 aromatic carbocycles. The molecule has 40 heavy (non-hydrogen) atoms. The second kappa shape index (κ2) is 10.3. The highest BCUT2D eigenvalue weighted by atomic mass is 35.5. The number of nitro groups is 1. The largest absolute Gasteiger partial charge is 0.507 e. The summed E-state index contributed by atoms with van der Waals surface area (Å²) in [6.45, 7) is 1.86. The van der Waals surface area contributed by atoms with Crippen molar-refractivity contribution in [3.05, 3.63) is 116 Å². The lowest BCUT2D eigenvalue weighted by molar-refractivity contribution is -0.384. The Morgan fingerprint density at radius 3 is 2.33 bits per heavy atom. The highest BCUT2D eigenvalue weighted by Crippen LogP contribution is 2.45. The van der Waals surface area contributed by atoms with Gasteiger partial charge in [-0.3, -0.25) is 24.6 Å². The summed E-state index contributed by atoms with van der Waals surface area (Å²) in [6.07, 6.45) is 1.04. The van der Waals surface area contributed by atoms with E-state index < -0.39 is 38.3 Å². The first-order valence-corrected chi connectivity index (χ1v) is 14.3. The van der Waals surface area contributed by atoms with Crippen LogP contribution in [0.15, 0.2) is 93.7 Å². The quantitative estimate of drug-likeness (QED) is 0.101. The zero-order chi connectivity index (χ0) is 28.8. The van der Waals surface area contributed by atoms with E-state index in [1.165, 1.54) is 0 Å². The number of benzene rings is 3. The lowest BCUT2D eigenvalue weighted by Gasteiger charge is -2.23. The monoisotopic (exact) mass is 595 g/mol. The molecule has 1 atom stereocenters. The van der Waals surface area contributed by atoms with Gasteiger partial charge in [-0.25, -0.2) is 13.4 Å². The number of hydrogen-bond acceptors (Lipinski definition) is 9. The lowest BCUT2D eigenvalue weighted by Crippen LogP contribution is -2.29. The van der Waals surface area contributed by atoms with E-state index in [-0.39, 0.29) is 30.5 Å². The van der Waals surface area contributed by atoms with E-state index in [2.05, 4.69) is 4.98 Å². The van der Waals surface area contributed by atoms with Gasteiger partial charge in [-0.15, -0.1) is 0 Å². The van der Waals surface area contributed by atoms with Crippen molar-refractivity contribution >= 4 is 61.0 Å². The van der Waals surface area contributed by atoms with Gasteiger partial charge < -0.3 is 5.11 Å². The molecule has 0 radical (unpaired) electrons. The molecule has 1 aromatic heterocycles. The van der Waals surface area contributed by atoms with Crippen LogP contribution in [-0.2, 0) is 19.4 Å². The van der Waals surface area contributed by atoms with E-state index in [0.29, 0.717) is 22.5 Å². The number of aliphatic hydroxyl groups excluding tert-OH is 1. The number of ketones is 1. The highest BCUT2D eigenvalue weighted by Gasteiger charge is 2.49. The molecule has 0 bridgehead atoms. The van der Waals surface area contributed by atoms with Crippen LogP contribution in [0.3, 0.4) is 0 Å². The van der Waals surface area contributed by atoms with Crippen LogP contribution in [0.25, 0.3) is 5.76 Å². The van der Waals surface area contributed by atoms with Crippen molar-refractivity contribution in [1.29, 1.82) is 0 Å². The van der Waals surface area contributed by atoms with Gasteiger partial charge in [0.1, 0.15) is 9.97 Å². The van der Waals surface area contributed by atoms with E-state index in [9.17, 15) is 33.2 Å². The second-order valence-corrected chi connectivity index (χ2v) is 12.4. The SMILES string of the molecule is Cc1ccc(/C(O)=C2\C(=O)C(=O)N(c3ncc(S(=O)(=O)c4ccc([N+](=O)[O-])cc4)s3)C2c2ccccc2Cl)cc1. The fourth-order valence-corrected chi connectivity index (χ4v) is 7.02. The summed E-state index contributed by atoms with van der Waals surface area (Å²) in [5.74, 6) is -2.42. The van der Waals surface area contributed by atoms with Crippen molar-refractivity contribution in [2.75, 3.05) is 4.90 Å². The topological polar surface area (TPSA) is 148 Å². The first kappa shape index (κ1) is 27.2. The van der Waals surface area contributed by atoms with Crippen LogP contribution in [0.1, 0.15) is 22.7 Å². The summed E-state index contributed by atoms with van der Waals surface area (Å²) in [5, 5.41) is 22.2. The Hall–Kier alpha value is -4.39. The lowest BCUT2D eigenvalue weighted by atomic mass is 9.95. The number of nitro benzene ring substituents is 1. The van der Waals surface area contributed by atoms with Crippen molar-refractivity contribution in [3.63, 3.8) is 0 Å². The van der Waals surface area contributed by atoms with Crippen LogP contribution in [0, 0.1) is 17.0 Å². The van der Waals surface area contributed by atoms with Gasteiger partial charge >= 0.3 is 5.91 Å². The molecule has 2 heterocycles. The van der Waals surface area contributed by atoms with Crippen LogP contribution in [0.2, 0.25) is 5.02 Å². The molecule has 0 saturated carbocycles. The van der Waals surface area contributed by atoms with Crippen molar-refractivity contribution < 1.29 is 28.0 Å². The average molecular weight is 596 g/mol. The molecule has 0 spiro atoms. The first-order chi connectivity index (χ1) is 19.0. The molecule has 13 heteroatoms. The molecule has 1 fully saturated rings. The van der Waals surface area contributed by atoms with Crippen molar-refractivity contribution in [2.24, 2.45) is 0 Å². The van der Waals surface area contributed by atoms with Crippen LogP contribution in [0.4, 0.5) is 10.8 Å². The predicted molar refractivity (Wildman–Crippen MR) is 148 cm³/mol. The molecule has 0 aliphatic carbocycles. The summed E-state index contributed by atoms with van der Waals surface area (Å²) < 4.78 is 26.2. The number of aliphatic hydroxyl groups is 1. The van der Waals surface area contributed by atoms with Gasteiger partial charge in [-0.1, -0.05) is 71.0 Å². The Kier molecular flexibility index (Phi) is 7.00. The number of thiazole rings is 1. The number of aromatic nitrogens is 1. The Morgan fingerprint density at radius 2 is 1.70 bits per heavy atom. The molecular formula is C27H18ClN3O7S2.